The number of hydrogen-bond donors (Lipinski definition) is 0. The van der Waals surface area contributed by atoms with Crippen LogP contribution >= 0.6 is 11.3 Å². The van der Waals surface area contributed by atoms with E-state index in [2.05, 4.69) is 193 Å². The van der Waals surface area contributed by atoms with Crippen LogP contribution in [0, 0.1) is 0 Å². The Morgan fingerprint density at radius 2 is 0.855 bits per heavy atom. The van der Waals surface area contributed by atoms with Crippen molar-refractivity contribution in [1.82, 2.24) is 24.6 Å². The average Bonchev–Trinajstić information content (AvgIpc) is 3.94. The predicted molar refractivity (Wildman–Crippen MR) is 257 cm³/mol. The van der Waals surface area contributed by atoms with Crippen molar-refractivity contribution < 1.29 is 0 Å². The average molecular weight is 810 g/mol. The van der Waals surface area contributed by atoms with Gasteiger partial charge in [0.1, 0.15) is 5.69 Å². The highest BCUT2D eigenvalue weighted by Gasteiger charge is 2.23. The molecule has 0 bridgehead atoms. The van der Waals surface area contributed by atoms with Gasteiger partial charge in [0, 0.05) is 58.9 Å². The summed E-state index contributed by atoms with van der Waals surface area (Å²) in [5.41, 5.74) is 12.2. The molecule has 4 heterocycles. The molecule has 0 saturated heterocycles. The molecule has 0 N–H and O–H groups in total. The van der Waals surface area contributed by atoms with Gasteiger partial charge in [-0.25, -0.2) is 19.5 Å². The summed E-state index contributed by atoms with van der Waals surface area (Å²) in [5, 5.41) is 10.3. The third-order valence-corrected chi connectivity index (χ3v) is 12.8. The predicted octanol–water partition coefficient (Wildman–Crippen LogP) is 14.7. The smallest absolute Gasteiger partial charge is 0.164 e. The highest BCUT2D eigenvalue weighted by atomic mass is 32.1. The van der Waals surface area contributed by atoms with Gasteiger partial charge in [0.2, 0.25) is 0 Å². The van der Waals surface area contributed by atoms with Gasteiger partial charge in [0.25, 0.3) is 0 Å². The molecular weight excluding hydrogens is 775 g/mol. The summed E-state index contributed by atoms with van der Waals surface area (Å²) in [6.45, 7) is 0. The van der Waals surface area contributed by atoms with Gasteiger partial charge < -0.3 is 0 Å². The lowest BCUT2D eigenvalue weighted by Crippen LogP contribution is -2.00. The molecule has 5 nitrogen and oxygen atoms in total. The van der Waals surface area contributed by atoms with Gasteiger partial charge in [0.05, 0.1) is 11.2 Å². The van der Waals surface area contributed by atoms with Crippen LogP contribution in [0.3, 0.4) is 0 Å². The number of thiophene rings is 1. The largest absolute Gasteiger partial charge is 0.231 e. The van der Waals surface area contributed by atoms with Gasteiger partial charge in [-0.05, 0) is 52.4 Å². The van der Waals surface area contributed by atoms with Crippen LogP contribution in [0.25, 0.3) is 115 Å². The maximum absolute atomic E-state index is 5.43. The molecule has 12 aromatic rings. The lowest BCUT2D eigenvalue weighted by molar-refractivity contribution is 0.979. The lowest BCUT2D eigenvalue weighted by atomic mass is 9.95. The van der Waals surface area contributed by atoms with Crippen LogP contribution in [0.5, 0.6) is 0 Å². The van der Waals surface area contributed by atoms with Crippen LogP contribution in [-0.4, -0.2) is 24.6 Å². The minimum Gasteiger partial charge on any atom is -0.231 e. The number of pyridine rings is 1. The molecule has 0 aliphatic rings. The Bertz CT molecular complexity index is 3630. The standard InChI is InChI=1S/C56H35N5S/c1-4-16-36(17-5-1)48-34-41-22-10-11-27-45(41)53-51(52(60-61(48)53)37-18-6-2-7-19-37)42-24-15-26-44(33-42)56-58-54(38-20-8-3-9-21-38)57-55(59-56)43-25-14-23-39(32-43)40-30-31-47-46-28-12-13-29-49(46)62-50(47)35-40/h1-35H. The minimum absolute atomic E-state index is 0.598. The second-order valence-corrected chi connectivity index (χ2v) is 16.6. The van der Waals surface area contributed by atoms with Crippen molar-refractivity contribution >= 4 is 47.8 Å². The molecule has 62 heavy (non-hydrogen) atoms. The van der Waals surface area contributed by atoms with Crippen molar-refractivity contribution in [2.24, 2.45) is 0 Å². The van der Waals surface area contributed by atoms with Gasteiger partial charge in [-0.3, -0.25) is 0 Å². The zero-order valence-electron chi connectivity index (χ0n) is 33.4. The molecule has 0 unspecified atom stereocenters. The van der Waals surface area contributed by atoms with Crippen molar-refractivity contribution in [3.63, 3.8) is 0 Å². The Morgan fingerprint density at radius 3 is 1.58 bits per heavy atom. The van der Waals surface area contributed by atoms with E-state index in [9.17, 15) is 0 Å². The van der Waals surface area contributed by atoms with E-state index in [1.54, 1.807) is 0 Å². The van der Waals surface area contributed by atoms with Crippen LogP contribution in [0.2, 0.25) is 0 Å². The molecule has 12 rings (SSSR count). The number of aromatic nitrogens is 5. The molecule has 4 aromatic heterocycles. The van der Waals surface area contributed by atoms with Crippen molar-refractivity contribution in [3.8, 4) is 78.9 Å². The monoisotopic (exact) mass is 809 g/mol. The van der Waals surface area contributed by atoms with Crippen LogP contribution in [-0.2, 0) is 0 Å². The van der Waals surface area contributed by atoms with Gasteiger partial charge in [-0.2, -0.15) is 5.10 Å². The summed E-state index contributed by atoms with van der Waals surface area (Å²) in [7, 11) is 0. The molecule has 0 aliphatic heterocycles. The lowest BCUT2D eigenvalue weighted by Gasteiger charge is -2.12. The first-order valence-electron chi connectivity index (χ1n) is 20.7. The van der Waals surface area contributed by atoms with E-state index in [-0.39, 0.29) is 0 Å². The van der Waals surface area contributed by atoms with Crippen LogP contribution in [0.15, 0.2) is 212 Å². The molecule has 290 valence electrons. The maximum atomic E-state index is 5.43. The van der Waals surface area contributed by atoms with Crippen molar-refractivity contribution in [2.45, 2.75) is 0 Å². The fourth-order valence-corrected chi connectivity index (χ4v) is 9.83. The number of nitrogens with zero attached hydrogens (tertiary/aromatic N) is 5. The zero-order valence-corrected chi connectivity index (χ0v) is 34.2. The van der Waals surface area contributed by atoms with Gasteiger partial charge in [-0.15, -0.1) is 11.3 Å². The summed E-state index contributed by atoms with van der Waals surface area (Å²) in [6, 6.07) is 74.5. The molecular formula is C56H35N5S. The molecule has 0 saturated carbocycles. The van der Waals surface area contributed by atoms with E-state index < -0.39 is 0 Å². The Kier molecular flexibility index (Phi) is 8.61. The van der Waals surface area contributed by atoms with E-state index >= 15 is 0 Å². The molecule has 6 heteroatoms. The Hall–Kier alpha value is -8.06. The molecule has 0 spiro atoms. The number of fused-ring (bicyclic) bond motifs is 6. The first-order chi connectivity index (χ1) is 30.7. The molecule has 0 aliphatic carbocycles. The van der Waals surface area contributed by atoms with Gasteiger partial charge in [-0.1, -0.05) is 182 Å². The molecule has 0 radical (unpaired) electrons. The second kappa shape index (κ2) is 14.9. The SMILES string of the molecule is c1ccc(-c2nc(-c3cccc(-c4ccc5c(c4)sc4ccccc45)c3)nc(-c3cccc(-c4c(-c5ccccc5)nn5c(-c6ccccc6)cc6ccccc6c45)c3)n2)cc1. The molecule has 8 aromatic carbocycles. The van der Waals surface area contributed by atoms with E-state index in [0.29, 0.717) is 17.5 Å². The highest BCUT2D eigenvalue weighted by molar-refractivity contribution is 7.25. The summed E-state index contributed by atoms with van der Waals surface area (Å²) < 4.78 is 4.70. The topological polar surface area (TPSA) is 56.0 Å². The summed E-state index contributed by atoms with van der Waals surface area (Å²) in [6.07, 6.45) is 0. The summed E-state index contributed by atoms with van der Waals surface area (Å²) >= 11 is 1.83. The second-order valence-electron chi connectivity index (χ2n) is 15.5. The molecule has 0 atom stereocenters. The molecule has 0 amide bonds. The number of rotatable bonds is 7. The third kappa shape index (κ3) is 6.24. The maximum Gasteiger partial charge on any atom is 0.164 e. The van der Waals surface area contributed by atoms with Gasteiger partial charge in [0.15, 0.2) is 17.5 Å². The summed E-state index contributed by atoms with van der Waals surface area (Å²) in [5.74, 6) is 1.83. The Labute approximate surface area is 361 Å². The number of hydrogen-bond acceptors (Lipinski definition) is 5. The van der Waals surface area contributed by atoms with Crippen LogP contribution in [0.1, 0.15) is 0 Å². The van der Waals surface area contributed by atoms with E-state index in [0.717, 1.165) is 77.7 Å². The normalized spacial score (nSPS) is 11.5. The van der Waals surface area contributed by atoms with Crippen LogP contribution in [0.4, 0.5) is 0 Å². The fourth-order valence-electron chi connectivity index (χ4n) is 8.68. The summed E-state index contributed by atoms with van der Waals surface area (Å²) in [4.78, 5) is 15.5. The highest BCUT2D eigenvalue weighted by Crippen LogP contribution is 2.42. The quantitative estimate of drug-likeness (QED) is 0.161. The minimum atomic E-state index is 0.598. The third-order valence-electron chi connectivity index (χ3n) is 11.6. The van der Waals surface area contributed by atoms with Crippen molar-refractivity contribution in [3.05, 3.63) is 212 Å². The molecule has 0 fully saturated rings. The van der Waals surface area contributed by atoms with Gasteiger partial charge >= 0.3 is 0 Å². The Morgan fingerprint density at radius 1 is 0.339 bits per heavy atom. The van der Waals surface area contributed by atoms with E-state index in [4.69, 9.17) is 20.1 Å². The van der Waals surface area contributed by atoms with Crippen LogP contribution < -0.4 is 0 Å². The van der Waals surface area contributed by atoms with Crippen molar-refractivity contribution in [1.29, 1.82) is 0 Å². The number of benzene rings is 8. The zero-order chi connectivity index (χ0) is 41.0. The van der Waals surface area contributed by atoms with E-state index in [1.807, 2.05) is 35.6 Å². The Balaban J connectivity index is 1.04. The fraction of sp³-hybridized carbons (Fsp3) is 0. The first kappa shape index (κ1) is 35.8. The first-order valence-corrected chi connectivity index (χ1v) is 21.5. The van der Waals surface area contributed by atoms with Crippen molar-refractivity contribution in [2.75, 3.05) is 0 Å². The van der Waals surface area contributed by atoms with E-state index in [1.165, 1.54) is 20.2 Å².